The van der Waals surface area contributed by atoms with Crippen molar-refractivity contribution in [3.63, 3.8) is 0 Å². The standard InChI is InChI=1S/C14H23N3O3S/c1-6-14(7-2,10(18)19)17-11(20)16-12-15-9(8-21-12)13(3,4)5/h8H,6-7H2,1-5H3,(H,18,19)(H2,15,16,17,20). The lowest BCUT2D eigenvalue weighted by molar-refractivity contribution is -0.144. The number of carbonyl (C=O) groups is 2. The van der Waals surface area contributed by atoms with Crippen LogP contribution in [0.1, 0.15) is 53.2 Å². The number of nitrogens with one attached hydrogen (secondary N) is 2. The molecule has 0 aliphatic carbocycles. The summed E-state index contributed by atoms with van der Waals surface area (Å²) in [6.45, 7) is 9.58. The van der Waals surface area contributed by atoms with Gasteiger partial charge in [0.15, 0.2) is 5.13 Å². The zero-order valence-electron chi connectivity index (χ0n) is 13.1. The molecular weight excluding hydrogens is 290 g/mol. The second kappa shape index (κ2) is 6.43. The second-order valence-corrected chi connectivity index (χ2v) is 6.82. The Bertz CT molecular complexity index is 516. The fraction of sp³-hybridized carbons (Fsp3) is 0.643. The number of amides is 2. The lowest BCUT2D eigenvalue weighted by Gasteiger charge is -2.27. The molecule has 0 unspecified atom stereocenters. The largest absolute Gasteiger partial charge is 0.480 e. The number of carboxylic acids is 1. The van der Waals surface area contributed by atoms with Gasteiger partial charge in [-0.15, -0.1) is 11.3 Å². The molecule has 0 bridgehead atoms. The van der Waals surface area contributed by atoms with Gasteiger partial charge >= 0.3 is 12.0 Å². The molecule has 0 fully saturated rings. The number of hydrogen-bond acceptors (Lipinski definition) is 4. The molecule has 1 aromatic rings. The number of rotatable bonds is 5. The molecule has 0 saturated heterocycles. The zero-order valence-corrected chi connectivity index (χ0v) is 13.9. The molecule has 0 atom stereocenters. The molecular formula is C14H23N3O3S. The summed E-state index contributed by atoms with van der Waals surface area (Å²) in [4.78, 5) is 27.7. The quantitative estimate of drug-likeness (QED) is 0.778. The van der Waals surface area contributed by atoms with Crippen LogP contribution in [0, 0.1) is 0 Å². The minimum absolute atomic E-state index is 0.0927. The summed E-state index contributed by atoms with van der Waals surface area (Å²) in [5.74, 6) is -1.03. The Balaban J connectivity index is 2.78. The normalized spacial score (nSPS) is 12.0. The molecule has 3 N–H and O–H groups in total. The summed E-state index contributed by atoms with van der Waals surface area (Å²) in [5, 5.41) is 16.8. The zero-order chi connectivity index (χ0) is 16.3. The van der Waals surface area contributed by atoms with Crippen molar-refractivity contribution in [2.45, 2.75) is 58.4 Å². The van der Waals surface area contributed by atoms with Gasteiger partial charge in [-0.25, -0.2) is 14.6 Å². The number of hydrogen-bond donors (Lipinski definition) is 3. The van der Waals surface area contributed by atoms with Gasteiger partial charge in [-0.1, -0.05) is 34.6 Å². The van der Waals surface area contributed by atoms with E-state index >= 15 is 0 Å². The van der Waals surface area contributed by atoms with E-state index in [1.165, 1.54) is 11.3 Å². The molecule has 0 aliphatic heterocycles. The predicted molar refractivity (Wildman–Crippen MR) is 83.9 cm³/mol. The minimum atomic E-state index is -1.24. The van der Waals surface area contributed by atoms with E-state index in [0.29, 0.717) is 18.0 Å². The van der Waals surface area contributed by atoms with Crippen LogP contribution >= 0.6 is 11.3 Å². The smallest absolute Gasteiger partial charge is 0.329 e. The van der Waals surface area contributed by atoms with Crippen LogP contribution in [0.4, 0.5) is 9.93 Å². The average molecular weight is 313 g/mol. The lowest BCUT2D eigenvalue weighted by Crippen LogP contribution is -2.54. The topological polar surface area (TPSA) is 91.3 Å². The van der Waals surface area contributed by atoms with Gasteiger partial charge in [0.1, 0.15) is 5.54 Å². The maximum Gasteiger partial charge on any atom is 0.329 e. The van der Waals surface area contributed by atoms with E-state index < -0.39 is 17.5 Å². The van der Waals surface area contributed by atoms with Gasteiger partial charge in [0, 0.05) is 10.8 Å². The third-order valence-electron chi connectivity index (χ3n) is 3.46. The molecule has 0 radical (unpaired) electrons. The van der Waals surface area contributed by atoms with Crippen molar-refractivity contribution in [2.75, 3.05) is 5.32 Å². The van der Waals surface area contributed by atoms with E-state index in [-0.39, 0.29) is 5.41 Å². The highest BCUT2D eigenvalue weighted by Gasteiger charge is 2.36. The highest BCUT2D eigenvalue weighted by molar-refractivity contribution is 7.13. The summed E-state index contributed by atoms with van der Waals surface area (Å²) in [7, 11) is 0. The van der Waals surface area contributed by atoms with E-state index in [1.54, 1.807) is 13.8 Å². The monoisotopic (exact) mass is 313 g/mol. The Morgan fingerprint density at radius 1 is 1.29 bits per heavy atom. The Kier molecular flexibility index (Phi) is 5.33. The molecule has 0 aromatic carbocycles. The summed E-state index contributed by atoms with van der Waals surface area (Å²) < 4.78 is 0. The third-order valence-corrected chi connectivity index (χ3v) is 4.22. The van der Waals surface area contributed by atoms with Crippen molar-refractivity contribution >= 4 is 28.5 Å². The number of thiazole rings is 1. The molecule has 1 aromatic heterocycles. The Hall–Kier alpha value is -1.63. The average Bonchev–Trinajstić information content (AvgIpc) is 2.84. The molecule has 0 saturated carbocycles. The first-order chi connectivity index (χ1) is 9.64. The van der Waals surface area contributed by atoms with Crippen LogP contribution < -0.4 is 10.6 Å². The summed E-state index contributed by atoms with van der Waals surface area (Å²) >= 11 is 1.32. The van der Waals surface area contributed by atoms with E-state index in [1.807, 2.05) is 26.2 Å². The number of carbonyl (C=O) groups excluding carboxylic acids is 1. The fourth-order valence-corrected chi connectivity index (χ4v) is 2.74. The number of aromatic nitrogens is 1. The third kappa shape index (κ3) is 4.17. The summed E-state index contributed by atoms with van der Waals surface area (Å²) in [6.07, 6.45) is 0.634. The number of anilines is 1. The lowest BCUT2D eigenvalue weighted by atomic mass is 9.93. The molecule has 0 aliphatic rings. The van der Waals surface area contributed by atoms with Gasteiger partial charge < -0.3 is 10.4 Å². The van der Waals surface area contributed by atoms with Crippen molar-refractivity contribution < 1.29 is 14.7 Å². The van der Waals surface area contributed by atoms with Crippen molar-refractivity contribution in [2.24, 2.45) is 0 Å². The molecule has 1 rings (SSSR count). The number of nitrogens with zero attached hydrogens (tertiary/aromatic N) is 1. The van der Waals surface area contributed by atoms with Crippen molar-refractivity contribution in [1.82, 2.24) is 10.3 Å². The van der Waals surface area contributed by atoms with E-state index in [9.17, 15) is 14.7 Å². The van der Waals surface area contributed by atoms with Crippen LogP contribution in [0.3, 0.4) is 0 Å². The summed E-state index contributed by atoms with van der Waals surface area (Å²) in [6, 6.07) is -0.545. The number of carboxylic acid groups (broad SMARTS) is 1. The first kappa shape index (κ1) is 17.4. The van der Waals surface area contributed by atoms with Crippen molar-refractivity contribution in [3.05, 3.63) is 11.1 Å². The Labute approximate surface area is 129 Å². The van der Waals surface area contributed by atoms with Crippen LogP contribution in [0.25, 0.3) is 0 Å². The molecule has 6 nitrogen and oxygen atoms in total. The van der Waals surface area contributed by atoms with Crippen LogP contribution in [0.15, 0.2) is 5.38 Å². The van der Waals surface area contributed by atoms with Crippen LogP contribution in [0.5, 0.6) is 0 Å². The number of aliphatic carboxylic acids is 1. The molecule has 2 amide bonds. The van der Waals surface area contributed by atoms with Crippen molar-refractivity contribution in [1.29, 1.82) is 0 Å². The molecule has 21 heavy (non-hydrogen) atoms. The maximum absolute atomic E-state index is 12.0. The van der Waals surface area contributed by atoms with Gasteiger partial charge in [0.25, 0.3) is 0 Å². The predicted octanol–water partition coefficient (Wildman–Crippen LogP) is 3.21. The minimum Gasteiger partial charge on any atom is -0.480 e. The maximum atomic E-state index is 12.0. The van der Waals surface area contributed by atoms with Gasteiger partial charge in [-0.05, 0) is 12.8 Å². The molecule has 1 heterocycles. The first-order valence-electron chi connectivity index (χ1n) is 6.93. The second-order valence-electron chi connectivity index (χ2n) is 5.96. The Morgan fingerprint density at radius 3 is 2.24 bits per heavy atom. The van der Waals surface area contributed by atoms with Gasteiger partial charge in [0.05, 0.1) is 5.69 Å². The van der Waals surface area contributed by atoms with E-state index in [4.69, 9.17) is 0 Å². The SMILES string of the molecule is CCC(CC)(NC(=O)Nc1nc(C(C)(C)C)cs1)C(=O)O. The van der Waals surface area contributed by atoms with Gasteiger partial charge in [-0.2, -0.15) is 0 Å². The van der Waals surface area contributed by atoms with Gasteiger partial charge in [0.2, 0.25) is 0 Å². The molecule has 118 valence electrons. The Morgan fingerprint density at radius 2 is 1.86 bits per heavy atom. The van der Waals surface area contributed by atoms with Crippen LogP contribution in [-0.4, -0.2) is 27.6 Å². The highest BCUT2D eigenvalue weighted by atomic mass is 32.1. The fourth-order valence-electron chi connectivity index (χ4n) is 1.80. The van der Waals surface area contributed by atoms with E-state index in [0.717, 1.165) is 5.69 Å². The molecule has 0 spiro atoms. The number of urea groups is 1. The summed E-state index contributed by atoms with van der Waals surface area (Å²) in [5.41, 5.74) is -0.447. The van der Waals surface area contributed by atoms with Gasteiger partial charge in [-0.3, -0.25) is 5.32 Å². The van der Waals surface area contributed by atoms with Crippen molar-refractivity contribution in [3.8, 4) is 0 Å². The molecule has 7 heteroatoms. The van der Waals surface area contributed by atoms with E-state index in [2.05, 4.69) is 15.6 Å². The van der Waals surface area contributed by atoms with Crippen LogP contribution in [-0.2, 0) is 10.2 Å². The van der Waals surface area contributed by atoms with Crippen LogP contribution in [0.2, 0.25) is 0 Å². The highest BCUT2D eigenvalue weighted by Crippen LogP contribution is 2.26. The first-order valence-corrected chi connectivity index (χ1v) is 7.81.